The second-order valence-corrected chi connectivity index (χ2v) is 8.54. The van der Waals surface area contributed by atoms with E-state index in [1.807, 2.05) is 57.2 Å². The van der Waals surface area contributed by atoms with Gasteiger partial charge in [0.25, 0.3) is 0 Å². The van der Waals surface area contributed by atoms with Crippen LogP contribution in [-0.2, 0) is 11.3 Å². The van der Waals surface area contributed by atoms with Crippen LogP contribution in [0.15, 0.2) is 50.2 Å². The third-order valence-corrected chi connectivity index (χ3v) is 5.90. The largest absolute Gasteiger partial charge is 0.339 e. The van der Waals surface area contributed by atoms with Gasteiger partial charge in [0.15, 0.2) is 0 Å². The van der Waals surface area contributed by atoms with Crippen molar-refractivity contribution in [1.29, 1.82) is 0 Å². The summed E-state index contributed by atoms with van der Waals surface area (Å²) >= 11 is 3.45. The number of nitrogens with zero attached hydrogens (tertiary/aromatic N) is 4. The van der Waals surface area contributed by atoms with Gasteiger partial charge in [0, 0.05) is 28.7 Å². The number of aromatic nitrogens is 4. The Kier molecular flexibility index (Phi) is 5.53. The SMILES string of the molecule is Cc1nc(-c2ccc3c(c2)n(CC(=O)Nc2ccc(Br)c(C)c2)c(=O)n3C(C)C)no1. The maximum Gasteiger partial charge on any atom is 0.329 e. The fraction of sp³-hybridized carbons (Fsp3) is 0.273. The van der Waals surface area contributed by atoms with Gasteiger partial charge in [-0.1, -0.05) is 21.1 Å². The zero-order chi connectivity index (χ0) is 22.3. The number of carbonyl (C=O) groups is 1. The normalized spacial score (nSPS) is 11.4. The molecule has 0 saturated heterocycles. The fourth-order valence-corrected chi connectivity index (χ4v) is 3.80. The van der Waals surface area contributed by atoms with Crippen molar-refractivity contribution in [2.75, 3.05) is 5.32 Å². The number of nitrogens with one attached hydrogen (secondary N) is 1. The van der Waals surface area contributed by atoms with Crippen molar-refractivity contribution in [2.24, 2.45) is 0 Å². The highest BCUT2D eigenvalue weighted by Gasteiger charge is 2.19. The molecule has 2 aromatic carbocycles. The molecule has 1 amide bonds. The van der Waals surface area contributed by atoms with Gasteiger partial charge >= 0.3 is 5.69 Å². The summed E-state index contributed by atoms with van der Waals surface area (Å²) in [6.07, 6.45) is 0. The molecule has 0 unspecified atom stereocenters. The zero-order valence-electron chi connectivity index (χ0n) is 17.6. The lowest BCUT2D eigenvalue weighted by Crippen LogP contribution is -2.30. The van der Waals surface area contributed by atoms with Crippen LogP contribution in [0.25, 0.3) is 22.4 Å². The molecular weight excluding hydrogens is 462 g/mol. The van der Waals surface area contributed by atoms with Crippen LogP contribution in [-0.4, -0.2) is 25.2 Å². The third-order valence-electron chi connectivity index (χ3n) is 5.01. The minimum Gasteiger partial charge on any atom is -0.339 e. The van der Waals surface area contributed by atoms with Crippen LogP contribution in [0.5, 0.6) is 0 Å². The van der Waals surface area contributed by atoms with Gasteiger partial charge in [-0.15, -0.1) is 0 Å². The molecule has 4 rings (SSSR count). The number of carbonyl (C=O) groups excluding carboxylic acids is 1. The Labute approximate surface area is 187 Å². The van der Waals surface area contributed by atoms with Crippen molar-refractivity contribution >= 4 is 38.6 Å². The van der Waals surface area contributed by atoms with Gasteiger partial charge < -0.3 is 9.84 Å². The summed E-state index contributed by atoms with van der Waals surface area (Å²) in [4.78, 5) is 30.2. The summed E-state index contributed by atoms with van der Waals surface area (Å²) in [6.45, 7) is 7.42. The second kappa shape index (κ2) is 8.14. The molecule has 9 heteroatoms. The second-order valence-electron chi connectivity index (χ2n) is 7.69. The summed E-state index contributed by atoms with van der Waals surface area (Å²) in [5.41, 5.74) is 3.54. The first-order valence-corrected chi connectivity index (χ1v) is 10.7. The molecule has 0 aliphatic rings. The Morgan fingerprint density at radius 1 is 1.16 bits per heavy atom. The van der Waals surface area contributed by atoms with Crippen molar-refractivity contribution in [3.05, 3.63) is 62.8 Å². The highest BCUT2D eigenvalue weighted by molar-refractivity contribution is 9.10. The van der Waals surface area contributed by atoms with Crippen molar-refractivity contribution in [3.63, 3.8) is 0 Å². The first kappa shape index (κ1) is 21.0. The molecule has 31 heavy (non-hydrogen) atoms. The Hall–Kier alpha value is -3.20. The summed E-state index contributed by atoms with van der Waals surface area (Å²) < 4.78 is 9.20. The number of aryl methyl sites for hydroxylation is 2. The van der Waals surface area contributed by atoms with Crippen LogP contribution < -0.4 is 11.0 Å². The number of amides is 1. The van der Waals surface area contributed by atoms with Crippen molar-refractivity contribution in [3.8, 4) is 11.4 Å². The number of rotatable bonds is 5. The molecule has 2 aromatic heterocycles. The molecule has 160 valence electrons. The van der Waals surface area contributed by atoms with Crippen LogP contribution in [0, 0.1) is 13.8 Å². The van der Waals surface area contributed by atoms with Crippen LogP contribution in [0.3, 0.4) is 0 Å². The highest BCUT2D eigenvalue weighted by Crippen LogP contribution is 2.24. The van der Waals surface area contributed by atoms with Crippen LogP contribution in [0.2, 0.25) is 0 Å². The van der Waals surface area contributed by atoms with E-state index in [0.717, 1.165) is 15.6 Å². The van der Waals surface area contributed by atoms with Crippen LogP contribution >= 0.6 is 15.9 Å². The first-order valence-electron chi connectivity index (χ1n) is 9.86. The molecule has 0 bridgehead atoms. The van der Waals surface area contributed by atoms with Crippen molar-refractivity contribution in [2.45, 2.75) is 40.3 Å². The van der Waals surface area contributed by atoms with Gasteiger partial charge in [0.1, 0.15) is 6.54 Å². The average molecular weight is 484 g/mol. The molecule has 8 nitrogen and oxygen atoms in total. The van der Waals surface area contributed by atoms with E-state index in [9.17, 15) is 9.59 Å². The standard InChI is InChI=1S/C22H22BrN5O3/c1-12(2)28-18-8-5-15(21-24-14(4)31-26-21)10-19(18)27(22(28)30)11-20(29)25-16-6-7-17(23)13(3)9-16/h5-10,12H,11H2,1-4H3,(H,25,29). The van der Waals surface area contributed by atoms with Gasteiger partial charge in [-0.3, -0.25) is 13.9 Å². The molecule has 0 aliphatic heterocycles. The molecule has 4 aromatic rings. The smallest absolute Gasteiger partial charge is 0.329 e. The molecule has 0 saturated carbocycles. The van der Waals surface area contributed by atoms with E-state index in [0.29, 0.717) is 28.5 Å². The lowest BCUT2D eigenvalue weighted by Gasteiger charge is -2.08. The van der Waals surface area contributed by atoms with E-state index in [1.165, 1.54) is 4.57 Å². The lowest BCUT2D eigenvalue weighted by molar-refractivity contribution is -0.116. The number of fused-ring (bicyclic) bond motifs is 1. The fourth-order valence-electron chi connectivity index (χ4n) is 3.55. The predicted octanol–water partition coefficient (Wildman–Crippen LogP) is 4.45. The van der Waals surface area contributed by atoms with Gasteiger partial charge in [0.2, 0.25) is 17.6 Å². The summed E-state index contributed by atoms with van der Waals surface area (Å²) in [5.74, 6) is 0.606. The van der Waals surface area contributed by atoms with Gasteiger partial charge in [-0.05, 0) is 62.7 Å². The molecular formula is C22H22BrN5O3. The summed E-state index contributed by atoms with van der Waals surface area (Å²) in [7, 11) is 0. The molecule has 1 N–H and O–H groups in total. The highest BCUT2D eigenvalue weighted by atomic mass is 79.9. The van der Waals surface area contributed by atoms with Gasteiger partial charge in [-0.2, -0.15) is 4.98 Å². The number of imidazole rings is 1. The maximum absolute atomic E-state index is 13.2. The van der Waals surface area contributed by atoms with E-state index in [2.05, 4.69) is 31.4 Å². The maximum atomic E-state index is 13.2. The zero-order valence-corrected chi connectivity index (χ0v) is 19.2. The van der Waals surface area contributed by atoms with E-state index in [4.69, 9.17) is 4.52 Å². The van der Waals surface area contributed by atoms with Gasteiger partial charge in [0.05, 0.1) is 11.0 Å². The van der Waals surface area contributed by atoms with Gasteiger partial charge in [-0.25, -0.2) is 4.79 Å². The first-order chi connectivity index (χ1) is 14.7. The Morgan fingerprint density at radius 3 is 2.58 bits per heavy atom. The third kappa shape index (κ3) is 4.05. The number of benzene rings is 2. The number of hydrogen-bond donors (Lipinski definition) is 1. The minimum atomic E-state index is -0.285. The molecule has 0 atom stereocenters. The Morgan fingerprint density at radius 2 is 1.94 bits per heavy atom. The van der Waals surface area contributed by atoms with Crippen molar-refractivity contribution in [1.82, 2.24) is 19.3 Å². The summed E-state index contributed by atoms with van der Waals surface area (Å²) in [5, 5.41) is 6.83. The van der Waals surface area contributed by atoms with Crippen LogP contribution in [0.1, 0.15) is 31.3 Å². The minimum absolute atomic E-state index is 0.0632. The topological polar surface area (TPSA) is 95.0 Å². The van der Waals surface area contributed by atoms with E-state index >= 15 is 0 Å². The van der Waals surface area contributed by atoms with E-state index in [-0.39, 0.29) is 24.2 Å². The number of hydrogen-bond acceptors (Lipinski definition) is 5. The quantitative estimate of drug-likeness (QED) is 0.452. The Balaban J connectivity index is 1.74. The van der Waals surface area contributed by atoms with E-state index in [1.54, 1.807) is 11.5 Å². The van der Waals surface area contributed by atoms with Crippen LogP contribution in [0.4, 0.5) is 5.69 Å². The predicted molar refractivity (Wildman–Crippen MR) is 122 cm³/mol. The summed E-state index contributed by atoms with van der Waals surface area (Å²) in [6, 6.07) is 11.0. The number of anilines is 1. The molecule has 2 heterocycles. The molecule has 0 fully saturated rings. The van der Waals surface area contributed by atoms with E-state index < -0.39 is 0 Å². The van der Waals surface area contributed by atoms with Crippen molar-refractivity contribution < 1.29 is 9.32 Å². The lowest BCUT2D eigenvalue weighted by atomic mass is 10.2. The molecule has 0 spiro atoms. The average Bonchev–Trinajstić information content (AvgIpc) is 3.26. The molecule has 0 aliphatic carbocycles. The number of halogens is 1. The molecule has 0 radical (unpaired) electrons. The monoisotopic (exact) mass is 483 g/mol. The Bertz CT molecular complexity index is 1350.